The summed E-state index contributed by atoms with van der Waals surface area (Å²) in [4.78, 5) is 47.7. The topological polar surface area (TPSA) is 114 Å². The maximum Gasteiger partial charge on any atom is 0.303 e. The molecule has 11 heteroatoms. The monoisotopic (exact) mass is 548 g/mol. The van der Waals surface area contributed by atoms with Crippen LogP contribution in [0.5, 0.6) is 0 Å². The standard InChI is InChI=1S/C26H29O9PS/c1-16(27)31-15-22-23(32-17(2)28)24(33-18(3)29)25(34-19(4)30)26(35-22)37-36(20-11-7-5-8-12-20)21-13-9-6-10-14-21/h5-14,22-26H,15H2,1-4H3/t22-,23-,24+,25-,26+/m1/s1. The zero-order chi connectivity index (χ0) is 26.9. The second-order valence-electron chi connectivity index (χ2n) is 8.14. The Balaban J connectivity index is 2.05. The Labute approximate surface area is 220 Å². The molecular formula is C26H29O9PS. The minimum absolute atomic E-state index is 0.260. The number of carbonyl (C=O) groups excluding carboxylic acids is 4. The Bertz CT molecular complexity index is 1040. The van der Waals surface area contributed by atoms with Crippen LogP contribution in [0, 0.1) is 0 Å². The lowest BCUT2D eigenvalue weighted by Crippen LogP contribution is -2.61. The van der Waals surface area contributed by atoms with E-state index in [4.69, 9.17) is 23.7 Å². The van der Waals surface area contributed by atoms with Gasteiger partial charge in [-0.15, -0.1) is 0 Å². The molecule has 0 radical (unpaired) electrons. The molecule has 1 saturated heterocycles. The molecule has 1 fully saturated rings. The minimum atomic E-state index is -1.19. The third-order valence-electron chi connectivity index (χ3n) is 5.14. The largest absolute Gasteiger partial charge is 0.463 e. The van der Waals surface area contributed by atoms with Crippen LogP contribution in [-0.2, 0) is 42.9 Å². The van der Waals surface area contributed by atoms with E-state index >= 15 is 0 Å². The maximum absolute atomic E-state index is 12.1. The zero-order valence-corrected chi connectivity index (χ0v) is 22.6. The molecule has 37 heavy (non-hydrogen) atoms. The quantitative estimate of drug-likeness (QED) is 0.263. The lowest BCUT2D eigenvalue weighted by atomic mass is 9.99. The van der Waals surface area contributed by atoms with Gasteiger partial charge in [0, 0.05) is 34.8 Å². The van der Waals surface area contributed by atoms with Gasteiger partial charge in [-0.25, -0.2) is 0 Å². The minimum Gasteiger partial charge on any atom is -0.463 e. The summed E-state index contributed by atoms with van der Waals surface area (Å²) in [5.41, 5.74) is -0.855. The molecule has 1 aliphatic heterocycles. The van der Waals surface area contributed by atoms with E-state index in [1.54, 1.807) is 0 Å². The van der Waals surface area contributed by atoms with Crippen molar-refractivity contribution in [2.75, 3.05) is 6.61 Å². The highest BCUT2D eigenvalue weighted by Crippen LogP contribution is 2.53. The third kappa shape index (κ3) is 8.28. The number of benzene rings is 2. The highest BCUT2D eigenvalue weighted by atomic mass is 32.7. The van der Waals surface area contributed by atoms with Crippen molar-refractivity contribution in [1.82, 2.24) is 0 Å². The Hall–Kier alpha value is -2.94. The van der Waals surface area contributed by atoms with E-state index in [0.717, 1.165) is 10.6 Å². The summed E-state index contributed by atoms with van der Waals surface area (Å²) >= 11 is 1.40. The fourth-order valence-corrected chi connectivity index (χ4v) is 8.53. The molecule has 9 nitrogen and oxygen atoms in total. The van der Waals surface area contributed by atoms with Gasteiger partial charge in [-0.2, -0.15) is 0 Å². The fourth-order valence-electron chi connectivity index (χ4n) is 3.78. The molecule has 0 N–H and O–H groups in total. The van der Waals surface area contributed by atoms with Crippen molar-refractivity contribution in [3.05, 3.63) is 60.7 Å². The number of hydrogen-bond donors (Lipinski definition) is 0. The van der Waals surface area contributed by atoms with Crippen LogP contribution < -0.4 is 10.6 Å². The van der Waals surface area contributed by atoms with Gasteiger partial charge in [0.15, 0.2) is 18.3 Å². The summed E-state index contributed by atoms with van der Waals surface area (Å²) in [6, 6.07) is 19.6. The first-order chi connectivity index (χ1) is 17.7. The van der Waals surface area contributed by atoms with Gasteiger partial charge in [-0.1, -0.05) is 72.0 Å². The smallest absolute Gasteiger partial charge is 0.303 e. The van der Waals surface area contributed by atoms with Crippen LogP contribution in [0.25, 0.3) is 0 Å². The molecule has 0 spiro atoms. The molecule has 0 unspecified atom stereocenters. The van der Waals surface area contributed by atoms with Gasteiger partial charge in [0.1, 0.15) is 18.1 Å². The van der Waals surface area contributed by atoms with Gasteiger partial charge in [0.25, 0.3) is 0 Å². The molecule has 198 valence electrons. The van der Waals surface area contributed by atoms with Crippen LogP contribution in [0.3, 0.4) is 0 Å². The molecule has 2 aromatic rings. The summed E-state index contributed by atoms with van der Waals surface area (Å²) in [7, 11) is -1.09. The highest BCUT2D eigenvalue weighted by Gasteiger charge is 2.53. The molecular weight excluding hydrogens is 519 g/mol. The average molecular weight is 549 g/mol. The normalized spacial score (nSPS) is 23.1. The van der Waals surface area contributed by atoms with Gasteiger partial charge >= 0.3 is 23.9 Å². The van der Waals surface area contributed by atoms with E-state index < -0.39 is 60.9 Å². The van der Waals surface area contributed by atoms with Crippen LogP contribution in [0.4, 0.5) is 0 Å². The van der Waals surface area contributed by atoms with Crippen LogP contribution in [-0.4, -0.2) is 60.3 Å². The fraction of sp³-hybridized carbons (Fsp3) is 0.385. The van der Waals surface area contributed by atoms with E-state index in [1.165, 1.54) is 39.1 Å². The maximum atomic E-state index is 12.1. The van der Waals surface area contributed by atoms with Crippen molar-refractivity contribution in [1.29, 1.82) is 0 Å². The summed E-state index contributed by atoms with van der Waals surface area (Å²) in [5, 5.41) is 2.06. The van der Waals surface area contributed by atoms with Crippen molar-refractivity contribution in [3.8, 4) is 0 Å². The molecule has 1 aliphatic rings. The molecule has 3 rings (SSSR count). The molecule has 2 aromatic carbocycles. The molecule has 0 aliphatic carbocycles. The van der Waals surface area contributed by atoms with Crippen molar-refractivity contribution >= 4 is 53.0 Å². The second-order valence-corrected chi connectivity index (χ2v) is 12.2. The average Bonchev–Trinajstić information content (AvgIpc) is 2.85. The summed E-state index contributed by atoms with van der Waals surface area (Å²) in [6.45, 7) is 4.61. The van der Waals surface area contributed by atoms with Crippen molar-refractivity contribution in [3.63, 3.8) is 0 Å². The predicted octanol–water partition coefficient (Wildman–Crippen LogP) is 2.85. The van der Waals surface area contributed by atoms with Crippen LogP contribution in [0.1, 0.15) is 27.7 Å². The van der Waals surface area contributed by atoms with E-state index in [9.17, 15) is 19.2 Å². The first-order valence-electron chi connectivity index (χ1n) is 11.5. The summed E-state index contributed by atoms with van der Waals surface area (Å²) in [5.74, 6) is -2.51. The number of carbonyl (C=O) groups is 4. The highest BCUT2D eigenvalue weighted by molar-refractivity contribution is 8.60. The molecule has 5 atom stereocenters. The van der Waals surface area contributed by atoms with Gasteiger partial charge in [0.05, 0.1) is 0 Å². The Kier molecular flexibility index (Phi) is 10.5. The molecule has 0 aromatic heterocycles. The SMILES string of the molecule is CC(=O)OC[C@H]1O[C@@H](SP(c2ccccc2)c2ccccc2)[C@H](OC(C)=O)[C@@H](OC(C)=O)[C@@H]1OC(C)=O. The van der Waals surface area contributed by atoms with Crippen molar-refractivity contribution < 1.29 is 42.9 Å². The first kappa shape index (κ1) is 28.6. The molecule has 1 heterocycles. The predicted molar refractivity (Wildman–Crippen MR) is 139 cm³/mol. The van der Waals surface area contributed by atoms with Crippen LogP contribution in [0.2, 0.25) is 0 Å². The number of rotatable bonds is 9. The van der Waals surface area contributed by atoms with E-state index in [1.807, 2.05) is 60.7 Å². The first-order valence-corrected chi connectivity index (χ1v) is 14.4. The number of hydrogen-bond acceptors (Lipinski definition) is 10. The second kappa shape index (κ2) is 13.6. The summed E-state index contributed by atoms with van der Waals surface area (Å²) in [6.07, 6.45) is -4.46. The lowest BCUT2D eigenvalue weighted by Gasteiger charge is -2.44. The molecule has 0 bridgehead atoms. The van der Waals surface area contributed by atoms with Gasteiger partial charge < -0.3 is 23.7 Å². The van der Waals surface area contributed by atoms with E-state index in [0.29, 0.717) is 0 Å². The van der Waals surface area contributed by atoms with E-state index in [2.05, 4.69) is 0 Å². The zero-order valence-electron chi connectivity index (χ0n) is 20.9. The van der Waals surface area contributed by atoms with Gasteiger partial charge in [-0.3, -0.25) is 19.2 Å². The van der Waals surface area contributed by atoms with Gasteiger partial charge in [0.2, 0.25) is 0 Å². The Morgan fingerprint density at radius 1 is 0.703 bits per heavy atom. The third-order valence-corrected chi connectivity index (χ3v) is 9.99. The summed E-state index contributed by atoms with van der Waals surface area (Å²) < 4.78 is 28.1. The van der Waals surface area contributed by atoms with Crippen molar-refractivity contribution in [2.24, 2.45) is 0 Å². The van der Waals surface area contributed by atoms with E-state index in [-0.39, 0.29) is 6.61 Å². The molecule has 0 saturated carbocycles. The lowest BCUT2D eigenvalue weighted by molar-refractivity contribution is -0.237. The van der Waals surface area contributed by atoms with Crippen molar-refractivity contribution in [2.45, 2.75) is 57.5 Å². The number of esters is 4. The Morgan fingerprint density at radius 3 is 1.62 bits per heavy atom. The Morgan fingerprint density at radius 2 is 1.16 bits per heavy atom. The number of ether oxygens (including phenoxy) is 5. The molecule has 0 amide bonds. The van der Waals surface area contributed by atoms with Crippen LogP contribution in [0.15, 0.2) is 60.7 Å². The van der Waals surface area contributed by atoms with Crippen LogP contribution >= 0.6 is 18.5 Å². The van der Waals surface area contributed by atoms with Gasteiger partial charge in [-0.05, 0) is 10.6 Å².